The number of amides is 1. The number of hydrogen-bond donors (Lipinski definition) is 1. The summed E-state index contributed by atoms with van der Waals surface area (Å²) in [4.78, 5) is 17.0. The van der Waals surface area contributed by atoms with E-state index in [2.05, 4.69) is 33.7 Å². The third-order valence-corrected chi connectivity index (χ3v) is 5.81. The summed E-state index contributed by atoms with van der Waals surface area (Å²) in [6.45, 7) is 6.42. The van der Waals surface area contributed by atoms with Crippen LogP contribution in [0.4, 0.5) is 14.5 Å². The average Bonchev–Trinajstić information content (AvgIpc) is 2.64. The summed E-state index contributed by atoms with van der Waals surface area (Å²) in [5, 5.41) is 2.80. The number of carbonyl (C=O) groups is 1. The zero-order valence-electron chi connectivity index (χ0n) is 17.5. The summed E-state index contributed by atoms with van der Waals surface area (Å²) in [5.74, 6) is 0.377. The molecule has 3 rings (SSSR count). The molecular formula is C21H30ClF2N3O3. The Bertz CT molecular complexity index is 707. The Morgan fingerprint density at radius 3 is 2.50 bits per heavy atom. The number of likely N-dealkylation sites (tertiary alicyclic amines) is 1. The van der Waals surface area contributed by atoms with Gasteiger partial charge in [-0.1, -0.05) is 11.6 Å². The van der Waals surface area contributed by atoms with Crippen LogP contribution in [0, 0.1) is 5.92 Å². The van der Waals surface area contributed by atoms with Crippen molar-refractivity contribution in [2.45, 2.75) is 45.5 Å². The lowest BCUT2D eigenvalue weighted by molar-refractivity contribution is -0.117. The molecule has 9 heteroatoms. The van der Waals surface area contributed by atoms with Crippen molar-refractivity contribution >= 4 is 23.2 Å². The maximum absolute atomic E-state index is 12.4. The van der Waals surface area contributed by atoms with Gasteiger partial charge >= 0.3 is 6.61 Å². The number of nitrogens with zero attached hydrogens (tertiary/aromatic N) is 2. The highest BCUT2D eigenvalue weighted by molar-refractivity contribution is 6.32. The van der Waals surface area contributed by atoms with Crippen LogP contribution in [-0.4, -0.2) is 73.8 Å². The molecule has 6 nitrogen and oxygen atoms in total. The first-order valence-electron chi connectivity index (χ1n) is 10.4. The molecule has 1 amide bonds. The first-order chi connectivity index (χ1) is 14.3. The van der Waals surface area contributed by atoms with E-state index in [1.807, 2.05) is 0 Å². The molecule has 2 aliphatic rings. The van der Waals surface area contributed by atoms with Crippen LogP contribution < -0.4 is 10.1 Å². The predicted octanol–water partition coefficient (Wildman–Crippen LogP) is 3.70. The van der Waals surface area contributed by atoms with Gasteiger partial charge in [0.05, 0.1) is 23.8 Å². The van der Waals surface area contributed by atoms with Crippen LogP contribution >= 0.6 is 11.6 Å². The summed E-state index contributed by atoms with van der Waals surface area (Å²) in [7, 11) is 0. The van der Waals surface area contributed by atoms with Crippen LogP contribution in [0.1, 0.15) is 26.7 Å². The number of rotatable bonds is 7. The van der Waals surface area contributed by atoms with Gasteiger partial charge in [0.15, 0.2) is 0 Å². The predicted molar refractivity (Wildman–Crippen MR) is 112 cm³/mol. The molecule has 0 saturated carbocycles. The normalized spacial score (nSPS) is 24.2. The number of hydrogen-bond acceptors (Lipinski definition) is 5. The average molecular weight is 446 g/mol. The number of morpholine rings is 1. The van der Waals surface area contributed by atoms with E-state index in [0.29, 0.717) is 18.2 Å². The number of nitrogens with one attached hydrogen (secondary N) is 1. The smallest absolute Gasteiger partial charge is 0.387 e. The van der Waals surface area contributed by atoms with Crippen LogP contribution in [-0.2, 0) is 9.53 Å². The van der Waals surface area contributed by atoms with Gasteiger partial charge in [-0.2, -0.15) is 8.78 Å². The number of benzene rings is 1. The van der Waals surface area contributed by atoms with Crippen molar-refractivity contribution in [1.29, 1.82) is 0 Å². The summed E-state index contributed by atoms with van der Waals surface area (Å²) < 4.78 is 34.7. The minimum Gasteiger partial charge on any atom is -0.433 e. The van der Waals surface area contributed by atoms with E-state index < -0.39 is 6.61 Å². The Balaban J connectivity index is 1.40. The maximum atomic E-state index is 12.4. The fourth-order valence-corrected chi connectivity index (χ4v) is 4.52. The molecule has 30 heavy (non-hydrogen) atoms. The Hall–Kier alpha value is -1.48. The molecule has 1 aromatic rings. The van der Waals surface area contributed by atoms with Crippen LogP contribution in [0.25, 0.3) is 0 Å². The summed E-state index contributed by atoms with van der Waals surface area (Å²) in [6, 6.07) is 4.23. The van der Waals surface area contributed by atoms with E-state index in [9.17, 15) is 13.6 Å². The summed E-state index contributed by atoms with van der Waals surface area (Å²) >= 11 is 5.93. The fourth-order valence-electron chi connectivity index (χ4n) is 4.30. The van der Waals surface area contributed by atoms with Crippen molar-refractivity contribution in [3.8, 4) is 5.75 Å². The highest BCUT2D eigenvalue weighted by atomic mass is 35.5. The lowest BCUT2D eigenvalue weighted by Crippen LogP contribution is -2.48. The van der Waals surface area contributed by atoms with E-state index in [4.69, 9.17) is 16.3 Å². The molecule has 0 spiro atoms. The minimum absolute atomic E-state index is 0.0284. The van der Waals surface area contributed by atoms with Crippen LogP contribution in [0.5, 0.6) is 5.75 Å². The monoisotopic (exact) mass is 445 g/mol. The van der Waals surface area contributed by atoms with Gasteiger partial charge in [0, 0.05) is 25.3 Å². The number of halogens is 3. The van der Waals surface area contributed by atoms with E-state index in [-0.39, 0.29) is 28.9 Å². The Morgan fingerprint density at radius 2 is 1.90 bits per heavy atom. The number of alkyl halides is 2. The molecule has 0 aromatic heterocycles. The van der Waals surface area contributed by atoms with Gasteiger partial charge in [0.2, 0.25) is 5.91 Å². The molecule has 2 fully saturated rings. The third-order valence-electron chi connectivity index (χ3n) is 5.52. The SMILES string of the molecule is CC1CN(CC2CCN(CC(=O)Nc3ccc(OC(F)F)c(Cl)c3)CC2)CC(C)O1. The molecule has 1 N–H and O–H groups in total. The van der Waals surface area contributed by atoms with Crippen LogP contribution in [0.2, 0.25) is 5.02 Å². The highest BCUT2D eigenvalue weighted by Crippen LogP contribution is 2.29. The van der Waals surface area contributed by atoms with Crippen molar-refractivity contribution < 1.29 is 23.0 Å². The van der Waals surface area contributed by atoms with Crippen molar-refractivity contribution in [3.05, 3.63) is 23.2 Å². The lowest BCUT2D eigenvalue weighted by Gasteiger charge is -2.39. The summed E-state index contributed by atoms with van der Waals surface area (Å²) in [6.07, 6.45) is 2.70. The van der Waals surface area contributed by atoms with Gasteiger partial charge in [-0.15, -0.1) is 0 Å². The highest BCUT2D eigenvalue weighted by Gasteiger charge is 2.27. The van der Waals surface area contributed by atoms with E-state index >= 15 is 0 Å². The molecule has 0 radical (unpaired) electrons. The lowest BCUT2D eigenvalue weighted by atomic mass is 9.95. The van der Waals surface area contributed by atoms with Gasteiger partial charge < -0.3 is 14.8 Å². The quantitative estimate of drug-likeness (QED) is 0.693. The van der Waals surface area contributed by atoms with Gasteiger partial charge in [-0.25, -0.2) is 0 Å². The second-order valence-electron chi connectivity index (χ2n) is 8.27. The van der Waals surface area contributed by atoms with E-state index in [1.54, 1.807) is 0 Å². The molecule has 0 aliphatic carbocycles. The van der Waals surface area contributed by atoms with Crippen LogP contribution in [0.15, 0.2) is 18.2 Å². The largest absolute Gasteiger partial charge is 0.433 e. The molecule has 2 aliphatic heterocycles. The first kappa shape index (κ1) is 23.2. The fraction of sp³-hybridized carbons (Fsp3) is 0.667. The van der Waals surface area contributed by atoms with Gasteiger partial charge in [0.1, 0.15) is 5.75 Å². The zero-order chi connectivity index (χ0) is 21.7. The van der Waals surface area contributed by atoms with Gasteiger partial charge in [-0.05, 0) is 63.9 Å². The molecule has 2 saturated heterocycles. The Labute approximate surface area is 181 Å². The number of ether oxygens (including phenoxy) is 2. The van der Waals surface area contributed by atoms with Gasteiger partial charge in [-0.3, -0.25) is 14.6 Å². The summed E-state index contributed by atoms with van der Waals surface area (Å²) in [5.41, 5.74) is 0.456. The molecule has 168 valence electrons. The molecule has 1 aromatic carbocycles. The first-order valence-corrected chi connectivity index (χ1v) is 10.8. The van der Waals surface area contributed by atoms with Crippen molar-refractivity contribution in [3.63, 3.8) is 0 Å². The van der Waals surface area contributed by atoms with Crippen molar-refractivity contribution in [2.75, 3.05) is 44.6 Å². The van der Waals surface area contributed by atoms with Gasteiger partial charge in [0.25, 0.3) is 0 Å². The van der Waals surface area contributed by atoms with Crippen LogP contribution in [0.3, 0.4) is 0 Å². The molecule has 2 atom stereocenters. The topological polar surface area (TPSA) is 54.0 Å². The Kier molecular flexibility index (Phi) is 8.27. The molecule has 0 bridgehead atoms. The number of anilines is 1. The maximum Gasteiger partial charge on any atom is 0.387 e. The molecule has 2 heterocycles. The van der Waals surface area contributed by atoms with Crippen molar-refractivity contribution in [2.24, 2.45) is 5.92 Å². The van der Waals surface area contributed by atoms with E-state index in [0.717, 1.165) is 45.6 Å². The number of carbonyl (C=O) groups excluding carboxylic acids is 1. The second-order valence-corrected chi connectivity index (χ2v) is 8.67. The van der Waals surface area contributed by atoms with E-state index in [1.165, 1.54) is 18.2 Å². The Morgan fingerprint density at radius 1 is 1.23 bits per heavy atom. The molecular weight excluding hydrogens is 416 g/mol. The molecule has 2 unspecified atom stereocenters. The second kappa shape index (κ2) is 10.7. The standard InChI is InChI=1S/C21H30ClF2N3O3/c1-14-10-27(11-15(2)29-14)12-16-5-7-26(8-6-16)13-20(28)25-17-3-4-19(18(22)9-17)30-21(23)24/h3-4,9,14-16,21H,5-8,10-13H2,1-2H3,(H,25,28). The third kappa shape index (κ3) is 7.04. The minimum atomic E-state index is -2.94. The van der Waals surface area contributed by atoms with Crippen molar-refractivity contribution in [1.82, 2.24) is 9.80 Å². The number of piperidine rings is 1. The zero-order valence-corrected chi connectivity index (χ0v) is 18.2.